The lowest BCUT2D eigenvalue weighted by atomic mass is 9.87. The van der Waals surface area contributed by atoms with Gasteiger partial charge in [0, 0.05) is 52.7 Å². The number of fused-ring (bicyclic) bond motifs is 3. The fourth-order valence-corrected chi connectivity index (χ4v) is 7.72. The molecule has 6 rings (SSSR count). The molecule has 0 saturated carbocycles. The summed E-state index contributed by atoms with van der Waals surface area (Å²) in [7, 11) is -3.73. The molecule has 0 aromatic carbocycles. The van der Waals surface area contributed by atoms with Gasteiger partial charge in [0.15, 0.2) is 15.5 Å². The number of nitrogens with zero attached hydrogens (tertiary/aromatic N) is 6. The van der Waals surface area contributed by atoms with Gasteiger partial charge >= 0.3 is 0 Å². The number of pyridine rings is 1. The molecule has 4 aromatic rings. The lowest BCUT2D eigenvalue weighted by Gasteiger charge is -2.39. The number of hydrogen-bond acceptors (Lipinski definition) is 10. The minimum Gasteiger partial charge on any atom is -0.387 e. The molecule has 4 aromatic heterocycles. The molecule has 0 radical (unpaired) electrons. The van der Waals surface area contributed by atoms with Gasteiger partial charge in [0.25, 0.3) is 0 Å². The first kappa shape index (κ1) is 24.9. The zero-order valence-electron chi connectivity index (χ0n) is 20.9. The van der Waals surface area contributed by atoms with Gasteiger partial charge in [-0.25, -0.2) is 18.4 Å². The van der Waals surface area contributed by atoms with Crippen molar-refractivity contribution in [2.75, 3.05) is 18.6 Å². The molecule has 11 nitrogen and oxygen atoms in total. The third-order valence-corrected chi connectivity index (χ3v) is 9.59. The average Bonchev–Trinajstić information content (AvgIpc) is 3.58. The van der Waals surface area contributed by atoms with E-state index in [9.17, 15) is 18.3 Å². The number of nitrogen functional groups attached to an aromatic ring is 1. The summed E-state index contributed by atoms with van der Waals surface area (Å²) in [5.74, 6) is -0.476. The molecule has 1 amide bonds. The normalized spacial score (nSPS) is 21.3. The number of aryl methyl sites for hydroxylation is 1. The van der Waals surface area contributed by atoms with Gasteiger partial charge in [0.1, 0.15) is 22.3 Å². The van der Waals surface area contributed by atoms with E-state index in [1.54, 1.807) is 28.6 Å². The lowest BCUT2D eigenvalue weighted by Crippen LogP contribution is -2.47. The van der Waals surface area contributed by atoms with Crippen LogP contribution in [-0.4, -0.2) is 73.8 Å². The van der Waals surface area contributed by atoms with Crippen molar-refractivity contribution >= 4 is 38.5 Å². The van der Waals surface area contributed by atoms with E-state index in [-0.39, 0.29) is 34.6 Å². The second kappa shape index (κ2) is 9.10. The van der Waals surface area contributed by atoms with Crippen LogP contribution < -0.4 is 5.73 Å². The van der Waals surface area contributed by atoms with Gasteiger partial charge in [0.2, 0.25) is 5.91 Å². The average molecular weight is 554 g/mol. The zero-order valence-corrected chi connectivity index (χ0v) is 22.5. The second-order valence-corrected chi connectivity index (χ2v) is 13.2. The molecule has 38 heavy (non-hydrogen) atoms. The number of hydrogen-bond donors (Lipinski definition) is 2. The van der Waals surface area contributed by atoms with Gasteiger partial charge in [-0.15, -0.1) is 11.3 Å². The molecule has 0 spiro atoms. The van der Waals surface area contributed by atoms with Gasteiger partial charge in [-0.2, -0.15) is 9.61 Å². The smallest absolute Gasteiger partial charge is 0.248 e. The highest BCUT2D eigenvalue weighted by Gasteiger charge is 2.45. The summed E-state index contributed by atoms with van der Waals surface area (Å²) < 4.78 is 27.2. The van der Waals surface area contributed by atoms with E-state index < -0.39 is 16.4 Å². The number of aromatic nitrogens is 5. The van der Waals surface area contributed by atoms with Crippen LogP contribution in [0.1, 0.15) is 42.2 Å². The van der Waals surface area contributed by atoms with Crippen LogP contribution in [0.3, 0.4) is 0 Å². The Labute approximate surface area is 223 Å². The van der Waals surface area contributed by atoms with Gasteiger partial charge in [-0.05, 0) is 38.7 Å². The maximum atomic E-state index is 12.9. The van der Waals surface area contributed by atoms with E-state index in [1.807, 2.05) is 25.3 Å². The van der Waals surface area contributed by atoms with Crippen molar-refractivity contribution in [1.82, 2.24) is 29.5 Å². The third-order valence-electron chi connectivity index (χ3n) is 7.49. The Bertz CT molecular complexity index is 1650. The van der Waals surface area contributed by atoms with Crippen LogP contribution in [0.4, 0.5) is 5.82 Å². The molecule has 1 unspecified atom stereocenters. The van der Waals surface area contributed by atoms with Gasteiger partial charge in [-0.3, -0.25) is 9.78 Å². The topological polar surface area (TPSA) is 157 Å². The number of carbonyl (C=O) groups is 1. The Morgan fingerprint density at radius 2 is 1.89 bits per heavy atom. The third kappa shape index (κ3) is 4.05. The first-order valence-corrected chi connectivity index (χ1v) is 15.0. The number of amides is 1. The van der Waals surface area contributed by atoms with E-state index in [1.165, 1.54) is 4.52 Å². The molecule has 6 heterocycles. The molecule has 2 saturated heterocycles. The Kier molecular flexibility index (Phi) is 5.96. The second-order valence-electron chi connectivity index (χ2n) is 10.00. The highest BCUT2D eigenvalue weighted by Crippen LogP contribution is 2.45. The Morgan fingerprint density at radius 1 is 1.16 bits per heavy atom. The molecular weight excluding hydrogens is 526 g/mol. The zero-order chi connectivity index (χ0) is 26.8. The first-order chi connectivity index (χ1) is 18.2. The van der Waals surface area contributed by atoms with Gasteiger partial charge in [0.05, 0.1) is 17.6 Å². The largest absolute Gasteiger partial charge is 0.387 e. The van der Waals surface area contributed by atoms with Crippen molar-refractivity contribution in [2.45, 2.75) is 55.5 Å². The Morgan fingerprint density at radius 3 is 2.47 bits per heavy atom. The number of aliphatic hydroxyl groups is 1. The van der Waals surface area contributed by atoms with Crippen LogP contribution in [0, 0.1) is 6.92 Å². The summed E-state index contributed by atoms with van der Waals surface area (Å²) in [5.41, 5.74) is 9.52. The highest BCUT2D eigenvalue weighted by molar-refractivity contribution is 7.91. The van der Waals surface area contributed by atoms with Crippen LogP contribution in [0.25, 0.3) is 27.5 Å². The molecule has 3 atom stereocenters. The van der Waals surface area contributed by atoms with Crippen molar-refractivity contribution in [3.8, 4) is 21.8 Å². The van der Waals surface area contributed by atoms with Crippen molar-refractivity contribution in [2.24, 2.45) is 0 Å². The molecule has 0 aliphatic carbocycles. The summed E-state index contributed by atoms with van der Waals surface area (Å²) in [6.07, 6.45) is 9.02. The van der Waals surface area contributed by atoms with Crippen molar-refractivity contribution in [3.63, 3.8) is 0 Å². The van der Waals surface area contributed by atoms with E-state index in [0.717, 1.165) is 40.2 Å². The van der Waals surface area contributed by atoms with Crippen molar-refractivity contribution in [3.05, 3.63) is 41.3 Å². The molecular formula is C25H27N7O4S2. The quantitative estimate of drug-likeness (QED) is 0.379. The molecule has 3 N–H and O–H groups in total. The monoisotopic (exact) mass is 553 g/mol. The van der Waals surface area contributed by atoms with Crippen LogP contribution in [-0.2, 0) is 14.6 Å². The Hall–Kier alpha value is -3.42. The number of piperidine rings is 1. The standard InChI is InChI=1S/C25H27N7O4S2/c1-13-9-28-25(37-13)19-6-3-14(10-27-19)18-11-29-32-23(26)22(38(2,35)36)21(30-24(18)32)15-7-16-4-5-17(8-15)31(16)20(34)12-33/h3,6,9-11,15-17,33H,4-5,7-8,12,26H2,1-2H3/t15?,16-,17+. The van der Waals surface area contributed by atoms with E-state index in [0.29, 0.717) is 29.7 Å². The summed E-state index contributed by atoms with van der Waals surface area (Å²) in [6, 6.07) is 3.66. The van der Waals surface area contributed by atoms with Crippen molar-refractivity contribution in [1.29, 1.82) is 0 Å². The Balaban J connectivity index is 1.44. The van der Waals surface area contributed by atoms with Crippen molar-refractivity contribution < 1.29 is 18.3 Å². The first-order valence-electron chi connectivity index (χ1n) is 12.3. The number of sulfone groups is 1. The molecule has 2 aliphatic heterocycles. The minimum atomic E-state index is -3.73. The van der Waals surface area contributed by atoms with Crippen LogP contribution in [0.5, 0.6) is 0 Å². The molecule has 2 fully saturated rings. The van der Waals surface area contributed by atoms with Gasteiger partial charge < -0.3 is 15.7 Å². The predicted molar refractivity (Wildman–Crippen MR) is 142 cm³/mol. The SMILES string of the molecule is Cc1cnc(-c2ccc(-c3cnn4c(N)c(S(C)(=O)=O)c(C5C[C@H]6CC[C@@H](C5)N6C(=O)CO)nc34)cn2)s1. The maximum absolute atomic E-state index is 12.9. The summed E-state index contributed by atoms with van der Waals surface area (Å²) in [4.78, 5) is 29.0. The molecule has 13 heteroatoms. The summed E-state index contributed by atoms with van der Waals surface area (Å²) in [5, 5.41) is 14.6. The lowest BCUT2D eigenvalue weighted by molar-refractivity contribution is -0.138. The fourth-order valence-electron chi connectivity index (χ4n) is 5.92. The van der Waals surface area contributed by atoms with E-state index in [2.05, 4.69) is 15.1 Å². The summed E-state index contributed by atoms with van der Waals surface area (Å²) >= 11 is 1.56. The minimum absolute atomic E-state index is 0.0152. The maximum Gasteiger partial charge on any atom is 0.248 e. The van der Waals surface area contributed by atoms with E-state index in [4.69, 9.17) is 10.7 Å². The number of thiazole rings is 1. The highest BCUT2D eigenvalue weighted by atomic mass is 32.2. The molecule has 2 aliphatic rings. The number of rotatable bonds is 5. The van der Waals surface area contributed by atoms with E-state index >= 15 is 0 Å². The predicted octanol–water partition coefficient (Wildman–Crippen LogP) is 2.44. The number of carbonyl (C=O) groups excluding carboxylic acids is 1. The van der Waals surface area contributed by atoms with Gasteiger partial charge in [-0.1, -0.05) is 6.07 Å². The van der Waals surface area contributed by atoms with Crippen LogP contribution in [0.15, 0.2) is 35.6 Å². The molecule has 2 bridgehead atoms. The van der Waals surface area contributed by atoms with Crippen LogP contribution in [0.2, 0.25) is 0 Å². The fraction of sp³-hybridized carbons (Fsp3) is 0.400. The van der Waals surface area contributed by atoms with Crippen LogP contribution >= 0.6 is 11.3 Å². The number of nitrogens with two attached hydrogens (primary N) is 1. The number of aliphatic hydroxyl groups excluding tert-OH is 1. The molecule has 198 valence electrons. The number of anilines is 1. The summed E-state index contributed by atoms with van der Waals surface area (Å²) in [6.45, 7) is 1.46.